The second-order valence-electron chi connectivity index (χ2n) is 26.2. The van der Waals surface area contributed by atoms with Crippen LogP contribution in [0, 0.1) is 0 Å². The van der Waals surface area contributed by atoms with E-state index in [9.17, 15) is 0 Å². The first-order valence-corrected chi connectivity index (χ1v) is 33.5. The average molecular weight is 1290 g/mol. The molecule has 484 valence electrons. The SMILES string of the molecule is CC1=Cc2c(oc3ccccc23)N(C)B1c1cccc[n+]1C.CC1=Cc2cccnc2N(C)B1c1cccc[n+]1C.CC1=Cc2ccncc2N(C)B1c1cccc[n+]1C.CC1=Cc2cnccc2N(C)B1c1cccc[n+]1C.CC1=Cc2ncccc2N(C)B1c1cccc[n+]1C. The maximum atomic E-state index is 6.11. The summed E-state index contributed by atoms with van der Waals surface area (Å²) in [4.78, 5) is 28.8. The summed E-state index contributed by atoms with van der Waals surface area (Å²) in [5.74, 6) is 1.99. The predicted octanol–water partition coefficient (Wildman–Crippen LogP) is 7.34. The topological polar surface area (TPSA) is 100 Å². The van der Waals surface area contributed by atoms with E-state index in [0.717, 1.165) is 23.0 Å². The van der Waals surface area contributed by atoms with Gasteiger partial charge in [0.25, 0.3) is 0 Å². The molecule has 15 heterocycles. The maximum absolute atomic E-state index is 6.11. The van der Waals surface area contributed by atoms with E-state index in [2.05, 4.69) is 361 Å². The summed E-state index contributed by atoms with van der Waals surface area (Å²) in [5, 5.41) is 1.18. The summed E-state index contributed by atoms with van der Waals surface area (Å²) in [7, 11) is 21.1. The molecule has 98 heavy (non-hydrogen) atoms. The molecule has 11 aromatic rings. The van der Waals surface area contributed by atoms with Crippen LogP contribution in [0.25, 0.3) is 41.3 Å². The Morgan fingerprint density at radius 3 is 1.31 bits per heavy atom. The van der Waals surface area contributed by atoms with Crippen LogP contribution < -0.4 is 74.9 Å². The third-order valence-electron chi connectivity index (χ3n) is 19.6. The molecule has 0 N–H and O–H groups in total. The molecule has 0 saturated heterocycles. The van der Waals surface area contributed by atoms with Gasteiger partial charge in [0.2, 0.25) is 0 Å². The normalized spacial score (nSPS) is 14.2. The number of nitrogens with zero attached hydrogens (tertiary/aromatic N) is 14. The molecule has 16 rings (SSSR count). The Labute approximate surface area is 580 Å². The monoisotopic (exact) mass is 1290 g/mol. The molecular formula is C78H86B5N14O+5. The molecule has 0 radical (unpaired) electrons. The number of hydrogen-bond acceptors (Lipinski definition) is 10. The number of pyridine rings is 9. The fraction of sp³-hybridized carbons (Fsp3) is 0.192. The largest absolute Gasteiger partial charge is 0.441 e. The van der Waals surface area contributed by atoms with Crippen LogP contribution in [0.5, 0.6) is 0 Å². The first kappa shape index (κ1) is 67.1. The molecule has 5 aliphatic heterocycles. The van der Waals surface area contributed by atoms with Crippen molar-refractivity contribution < 1.29 is 27.3 Å². The fourth-order valence-electron chi connectivity index (χ4n) is 14.8. The van der Waals surface area contributed by atoms with Gasteiger partial charge in [-0.1, -0.05) is 100 Å². The molecule has 0 saturated carbocycles. The van der Waals surface area contributed by atoms with Gasteiger partial charge in [-0.15, -0.1) is 0 Å². The minimum atomic E-state index is 0.194. The molecule has 0 fully saturated rings. The van der Waals surface area contributed by atoms with Gasteiger partial charge in [-0.3, -0.25) is 15.0 Å². The Morgan fingerprint density at radius 1 is 0.337 bits per heavy atom. The number of rotatable bonds is 5. The molecule has 0 unspecified atom stereocenters. The number of aromatic nitrogens is 9. The third kappa shape index (κ3) is 13.5. The van der Waals surface area contributed by atoms with E-state index in [0.29, 0.717) is 0 Å². The van der Waals surface area contributed by atoms with Crippen LogP contribution in [-0.2, 0) is 35.2 Å². The summed E-state index contributed by atoms with van der Waals surface area (Å²) in [6.45, 7) is 12.2. The van der Waals surface area contributed by atoms with E-state index in [-0.39, 0.29) is 34.2 Å². The van der Waals surface area contributed by atoms with Gasteiger partial charge in [-0.25, -0.2) is 27.8 Å². The molecule has 15 nitrogen and oxygen atoms in total. The smallest absolute Gasteiger partial charge is 0.401 e. The van der Waals surface area contributed by atoms with Crippen molar-refractivity contribution in [2.24, 2.45) is 35.2 Å². The van der Waals surface area contributed by atoms with E-state index in [1.165, 1.54) is 100 Å². The molecule has 0 atom stereocenters. The van der Waals surface area contributed by atoms with Crippen LogP contribution in [0.15, 0.2) is 252 Å². The van der Waals surface area contributed by atoms with E-state index >= 15 is 0 Å². The quantitative estimate of drug-likeness (QED) is 0.129. The van der Waals surface area contributed by atoms with Crippen LogP contribution in [0.2, 0.25) is 0 Å². The molecule has 5 aliphatic rings. The van der Waals surface area contributed by atoms with Gasteiger partial charge in [0.1, 0.15) is 46.6 Å². The van der Waals surface area contributed by atoms with Crippen LogP contribution in [0.1, 0.15) is 62.6 Å². The Morgan fingerprint density at radius 2 is 0.755 bits per heavy atom. The zero-order valence-electron chi connectivity index (χ0n) is 59.2. The lowest BCUT2D eigenvalue weighted by molar-refractivity contribution is -0.654. The lowest BCUT2D eigenvalue weighted by Gasteiger charge is -2.31. The molecule has 0 amide bonds. The minimum absolute atomic E-state index is 0.194. The fourth-order valence-corrected chi connectivity index (χ4v) is 14.8. The standard InChI is InChI=1S/C18H18BN2O.4C15H17BN3/c1-13-12-15-14-8-4-5-9-16(14)22-18(15)21(3)19(13)17-10-6-7-11-20(17)2;1-12-11-13-14(7-6-9-17-13)19(3)16(12)15-8-4-5-10-18(15)2;1-12-11-13-7-6-9-17-15(13)19(3)16(12)14-8-4-5-10-18(14)2;1-12-10-13-11-17-8-7-14(13)19(3)16(12)15-6-4-5-9-18(15)2;1-12-10-13-7-8-17-11-14(13)19(3)16(12)15-6-4-5-9-18(15)2/h4-12H,1-3H3;4*4-11H,1-3H3/q5*+1. The Kier molecular flexibility index (Phi) is 20.0. The van der Waals surface area contributed by atoms with Gasteiger partial charge in [0.15, 0.2) is 64.8 Å². The van der Waals surface area contributed by atoms with Gasteiger partial charge in [0.05, 0.1) is 17.1 Å². The number of para-hydroxylation sites is 1. The zero-order valence-corrected chi connectivity index (χ0v) is 59.2. The number of hydrogen-bond donors (Lipinski definition) is 0. The Hall–Kier alpha value is -10.9. The van der Waals surface area contributed by atoms with Crippen molar-refractivity contribution in [1.82, 2.24) is 19.9 Å². The minimum Gasteiger partial charge on any atom is -0.441 e. The molecule has 0 spiro atoms. The highest BCUT2D eigenvalue weighted by Gasteiger charge is 2.42. The Bertz CT molecular complexity index is 4450. The maximum Gasteiger partial charge on any atom is 0.401 e. The average Bonchev–Trinajstić information content (AvgIpc) is 1.59. The second kappa shape index (κ2) is 29.2. The first-order chi connectivity index (χ1) is 47.4. The van der Waals surface area contributed by atoms with E-state index in [1.54, 1.807) is 0 Å². The highest BCUT2D eigenvalue weighted by molar-refractivity contribution is 6.85. The first-order valence-electron chi connectivity index (χ1n) is 33.5. The number of aryl methyl sites for hydroxylation is 5. The van der Waals surface area contributed by atoms with Crippen LogP contribution in [0.4, 0.5) is 28.8 Å². The molecular weight excluding hydrogens is 1200 g/mol. The molecule has 10 aromatic heterocycles. The highest BCUT2D eigenvalue weighted by Crippen LogP contribution is 2.38. The van der Waals surface area contributed by atoms with Gasteiger partial charge in [-0.2, -0.15) is 0 Å². The highest BCUT2D eigenvalue weighted by atomic mass is 16.4. The number of allylic oxidation sites excluding steroid dienone is 5. The second-order valence-corrected chi connectivity index (χ2v) is 26.2. The molecule has 0 bridgehead atoms. The number of fused-ring (bicyclic) bond motifs is 7. The van der Waals surface area contributed by atoms with Crippen LogP contribution in [-0.4, -0.2) is 89.4 Å². The molecule has 0 aliphatic carbocycles. The van der Waals surface area contributed by atoms with Gasteiger partial charge < -0.3 is 28.5 Å². The lowest BCUT2D eigenvalue weighted by Crippen LogP contribution is -2.62. The van der Waals surface area contributed by atoms with Crippen LogP contribution >= 0.6 is 0 Å². The van der Waals surface area contributed by atoms with E-state index < -0.39 is 0 Å². The van der Waals surface area contributed by atoms with Crippen molar-refractivity contribution in [3.63, 3.8) is 0 Å². The molecule has 1 aromatic carbocycles. The van der Waals surface area contributed by atoms with Crippen molar-refractivity contribution in [3.05, 3.63) is 275 Å². The third-order valence-corrected chi connectivity index (χ3v) is 19.6. The van der Waals surface area contributed by atoms with E-state index in [4.69, 9.17) is 4.42 Å². The van der Waals surface area contributed by atoms with Crippen molar-refractivity contribution in [2.75, 3.05) is 59.3 Å². The van der Waals surface area contributed by atoms with Crippen molar-refractivity contribution >= 4 is 132 Å². The van der Waals surface area contributed by atoms with E-state index in [1.807, 2.05) is 61.4 Å². The zero-order chi connectivity index (χ0) is 68.9. The number of anilines is 5. The number of benzene rings is 1. The number of furan rings is 1. The lowest BCUT2D eigenvalue weighted by atomic mass is 9.49. The summed E-state index contributed by atoms with van der Waals surface area (Å²) >= 11 is 0. The predicted molar refractivity (Wildman–Crippen MR) is 408 cm³/mol. The summed E-state index contributed by atoms with van der Waals surface area (Å²) in [6, 6.07) is 52.2. The summed E-state index contributed by atoms with van der Waals surface area (Å²) in [5.41, 5.74) is 23.5. The van der Waals surface area contributed by atoms with Crippen molar-refractivity contribution in [1.29, 1.82) is 0 Å². The summed E-state index contributed by atoms with van der Waals surface area (Å²) < 4.78 is 17.0. The van der Waals surface area contributed by atoms with Gasteiger partial charge in [0, 0.05) is 95.3 Å². The van der Waals surface area contributed by atoms with Crippen molar-refractivity contribution in [3.8, 4) is 0 Å². The summed E-state index contributed by atoms with van der Waals surface area (Å²) in [6.07, 6.45) is 32.9. The Balaban J connectivity index is 0.000000117. The van der Waals surface area contributed by atoms with Crippen molar-refractivity contribution in [2.45, 2.75) is 34.6 Å². The molecule has 20 heteroatoms. The van der Waals surface area contributed by atoms with Crippen LogP contribution in [0.3, 0.4) is 0 Å². The van der Waals surface area contributed by atoms with Gasteiger partial charge >= 0.3 is 34.2 Å². The van der Waals surface area contributed by atoms with Gasteiger partial charge in [-0.05, 0) is 154 Å².